The number of nitrogens with one attached hydrogen (secondary N) is 4. The summed E-state index contributed by atoms with van der Waals surface area (Å²) < 4.78 is 11.0. The molecule has 0 spiro atoms. The van der Waals surface area contributed by atoms with Crippen LogP contribution in [0.25, 0.3) is 0 Å². The molecule has 0 saturated carbocycles. The van der Waals surface area contributed by atoms with E-state index >= 15 is 0 Å². The lowest BCUT2D eigenvalue weighted by Gasteiger charge is -2.36. The van der Waals surface area contributed by atoms with Crippen LogP contribution in [0.4, 0.5) is 0 Å². The van der Waals surface area contributed by atoms with E-state index in [1.165, 1.54) is 4.90 Å². The van der Waals surface area contributed by atoms with Gasteiger partial charge in [0.1, 0.15) is 29.4 Å². The zero-order valence-electron chi connectivity index (χ0n) is 30.5. The number of fused-ring (bicyclic) bond motifs is 1. The fourth-order valence-electron chi connectivity index (χ4n) is 6.26. The van der Waals surface area contributed by atoms with Crippen LogP contribution in [-0.2, 0) is 35.1 Å². The number of nitrogens with zero attached hydrogens (tertiary/aromatic N) is 1. The molecule has 4 rings (SSSR count). The number of hydrogen-bond donors (Lipinski definition) is 4. The van der Waals surface area contributed by atoms with E-state index in [9.17, 15) is 28.8 Å². The summed E-state index contributed by atoms with van der Waals surface area (Å²) in [5.41, 5.74) is -0.191. The maximum absolute atomic E-state index is 14.1. The summed E-state index contributed by atoms with van der Waals surface area (Å²) in [7, 11) is 0. The lowest BCUT2D eigenvalue weighted by Crippen LogP contribution is -2.65. The summed E-state index contributed by atoms with van der Waals surface area (Å²) in [5.74, 6) is -1.98. The molecule has 0 radical (unpaired) electrons. The van der Waals surface area contributed by atoms with Gasteiger partial charge in [-0.3, -0.25) is 24.0 Å². The highest BCUT2D eigenvalue weighted by molar-refractivity contribution is 5.99. The molecular weight excluding hydrogens is 666 g/mol. The Morgan fingerprint density at radius 1 is 0.904 bits per heavy atom. The molecule has 0 aromatic heterocycles. The van der Waals surface area contributed by atoms with Gasteiger partial charge in [0.2, 0.25) is 23.6 Å². The van der Waals surface area contributed by atoms with Crippen molar-refractivity contribution in [2.75, 3.05) is 26.3 Å². The Morgan fingerprint density at radius 2 is 1.65 bits per heavy atom. The van der Waals surface area contributed by atoms with Crippen LogP contribution in [0, 0.1) is 0 Å². The molecule has 2 aliphatic heterocycles. The van der Waals surface area contributed by atoms with Crippen LogP contribution >= 0.6 is 0 Å². The average Bonchev–Trinajstić information content (AvgIpc) is 3.65. The second kappa shape index (κ2) is 19.6. The zero-order chi connectivity index (χ0) is 37.5. The van der Waals surface area contributed by atoms with Crippen molar-refractivity contribution in [2.24, 2.45) is 0 Å². The van der Waals surface area contributed by atoms with E-state index in [2.05, 4.69) is 28.2 Å². The largest absolute Gasteiger partial charge is 0.484 e. The van der Waals surface area contributed by atoms with Crippen molar-refractivity contribution in [1.29, 1.82) is 0 Å². The molecular formula is C39H53N5O8. The van der Waals surface area contributed by atoms with Gasteiger partial charge < -0.3 is 35.6 Å². The highest BCUT2D eigenvalue weighted by Gasteiger charge is 2.43. The minimum absolute atomic E-state index is 0.118. The molecule has 4 atom stereocenters. The van der Waals surface area contributed by atoms with Crippen LogP contribution < -0.4 is 26.0 Å². The van der Waals surface area contributed by atoms with Crippen molar-refractivity contribution in [2.45, 2.75) is 109 Å². The van der Waals surface area contributed by atoms with Gasteiger partial charge >= 0.3 is 5.97 Å². The van der Waals surface area contributed by atoms with Gasteiger partial charge in [-0.25, -0.2) is 4.79 Å². The number of ether oxygens (including phenoxy) is 2. The van der Waals surface area contributed by atoms with Gasteiger partial charge in [0.25, 0.3) is 5.91 Å². The number of carbonyl (C=O) groups is 6. The Balaban J connectivity index is 1.41. The summed E-state index contributed by atoms with van der Waals surface area (Å²) in [4.78, 5) is 81.2. The van der Waals surface area contributed by atoms with E-state index < -0.39 is 47.4 Å². The predicted octanol–water partition coefficient (Wildman–Crippen LogP) is 3.20. The van der Waals surface area contributed by atoms with Crippen LogP contribution in [0.1, 0.15) is 94.5 Å². The first-order chi connectivity index (χ1) is 25.0. The third-order valence-corrected chi connectivity index (χ3v) is 9.65. The number of carbonyl (C=O) groups excluding carboxylic acids is 6. The Labute approximate surface area is 305 Å². The molecule has 0 aliphatic carbocycles. The first kappa shape index (κ1) is 39.8. The first-order valence-corrected chi connectivity index (χ1v) is 18.5. The number of esters is 1. The number of rotatable bonds is 16. The average molecular weight is 720 g/mol. The lowest BCUT2D eigenvalue weighted by molar-refractivity contribution is -0.144. The van der Waals surface area contributed by atoms with Crippen molar-refractivity contribution in [3.8, 4) is 5.75 Å². The predicted molar refractivity (Wildman–Crippen MR) is 194 cm³/mol. The summed E-state index contributed by atoms with van der Waals surface area (Å²) in [6.07, 6.45) is 5.58. The molecule has 282 valence electrons. The Bertz CT molecular complexity index is 1530. The molecule has 2 saturated heterocycles. The van der Waals surface area contributed by atoms with Crippen molar-refractivity contribution >= 4 is 35.5 Å². The van der Waals surface area contributed by atoms with Crippen molar-refractivity contribution in [3.05, 3.63) is 65.7 Å². The third-order valence-electron chi connectivity index (χ3n) is 9.65. The number of unbranched alkanes of at least 4 members (excludes halogenated alkanes) is 3. The molecule has 2 aliphatic rings. The SMILES string of the molecule is CCCCCNC(=O)COc1ccc(C[C@@H]2NC(=O)[C@](C)(CC)NC(=O)[C@H](CCCCOC(=O)c3ccccc3)NC(=O)[C@H]3CCCN3C2=O)cc1. The fourth-order valence-corrected chi connectivity index (χ4v) is 6.26. The molecule has 4 N–H and O–H groups in total. The molecule has 2 aromatic rings. The summed E-state index contributed by atoms with van der Waals surface area (Å²) in [6.45, 7) is 6.42. The van der Waals surface area contributed by atoms with Crippen molar-refractivity contribution in [1.82, 2.24) is 26.2 Å². The van der Waals surface area contributed by atoms with Crippen LogP contribution in [-0.4, -0.2) is 90.4 Å². The molecule has 2 heterocycles. The smallest absolute Gasteiger partial charge is 0.338 e. The summed E-state index contributed by atoms with van der Waals surface area (Å²) in [5, 5.41) is 11.4. The van der Waals surface area contributed by atoms with Crippen LogP contribution in [0.2, 0.25) is 0 Å². The second-order valence-corrected chi connectivity index (χ2v) is 13.6. The maximum atomic E-state index is 14.1. The van der Waals surface area contributed by atoms with E-state index in [0.29, 0.717) is 50.1 Å². The van der Waals surface area contributed by atoms with Gasteiger partial charge in [-0.2, -0.15) is 0 Å². The Kier molecular flexibility index (Phi) is 15.0. The highest BCUT2D eigenvalue weighted by atomic mass is 16.5. The standard InChI is InChI=1S/C39H53N5O8/c1-4-6-11-22-40-33(45)26-52-29-20-18-27(19-21-29)25-31-36(48)44-23-13-17-32(44)35(47)41-30(34(46)43-39(3,5-2)38(50)42-31)16-10-12-24-51-37(49)28-14-8-7-9-15-28/h7-9,14-15,18-21,30-32H,4-6,10-13,16-17,22-26H2,1-3H3,(H,40,45)(H,41,47)(H,42,50)(H,43,46)/t30-,31-,32+,39-/m0/s1. The van der Waals surface area contributed by atoms with Gasteiger partial charge in [-0.1, -0.05) is 57.0 Å². The van der Waals surface area contributed by atoms with Crippen LogP contribution in [0.5, 0.6) is 5.75 Å². The Morgan fingerprint density at radius 3 is 2.37 bits per heavy atom. The third kappa shape index (κ3) is 11.3. The number of benzene rings is 2. The first-order valence-electron chi connectivity index (χ1n) is 18.5. The van der Waals surface area contributed by atoms with E-state index in [1.807, 2.05) is 6.07 Å². The van der Waals surface area contributed by atoms with E-state index in [1.54, 1.807) is 62.4 Å². The van der Waals surface area contributed by atoms with Crippen LogP contribution in [0.3, 0.4) is 0 Å². The fraction of sp³-hybridized carbons (Fsp3) is 0.538. The molecule has 5 amide bonds. The molecule has 2 fully saturated rings. The topological polar surface area (TPSA) is 172 Å². The quantitative estimate of drug-likeness (QED) is 0.151. The summed E-state index contributed by atoms with van der Waals surface area (Å²) >= 11 is 0. The maximum Gasteiger partial charge on any atom is 0.338 e. The second-order valence-electron chi connectivity index (χ2n) is 13.6. The van der Waals surface area contributed by atoms with Crippen molar-refractivity contribution in [3.63, 3.8) is 0 Å². The monoisotopic (exact) mass is 719 g/mol. The molecule has 52 heavy (non-hydrogen) atoms. The number of hydrogen-bond acceptors (Lipinski definition) is 8. The van der Waals surface area contributed by atoms with Gasteiger partial charge in [0, 0.05) is 19.5 Å². The Hall–Kier alpha value is -4.94. The number of amides is 5. The van der Waals surface area contributed by atoms with E-state index in [4.69, 9.17) is 9.47 Å². The van der Waals surface area contributed by atoms with Crippen molar-refractivity contribution < 1.29 is 38.2 Å². The molecule has 13 heteroatoms. The van der Waals surface area contributed by atoms with Gasteiger partial charge in [-0.05, 0) is 81.7 Å². The normalized spacial score (nSPS) is 22.2. The lowest BCUT2D eigenvalue weighted by atomic mass is 9.94. The molecule has 13 nitrogen and oxygen atoms in total. The van der Waals surface area contributed by atoms with E-state index in [0.717, 1.165) is 24.8 Å². The van der Waals surface area contributed by atoms with Crippen LogP contribution in [0.15, 0.2) is 54.6 Å². The zero-order valence-corrected chi connectivity index (χ0v) is 30.5. The van der Waals surface area contributed by atoms with Gasteiger partial charge in [0.15, 0.2) is 6.61 Å². The highest BCUT2D eigenvalue weighted by Crippen LogP contribution is 2.23. The molecule has 2 aromatic carbocycles. The molecule has 0 bridgehead atoms. The van der Waals surface area contributed by atoms with Gasteiger partial charge in [-0.15, -0.1) is 0 Å². The minimum Gasteiger partial charge on any atom is -0.484 e. The van der Waals surface area contributed by atoms with Gasteiger partial charge in [0.05, 0.1) is 12.2 Å². The summed E-state index contributed by atoms with van der Waals surface area (Å²) in [6, 6.07) is 12.8. The molecule has 0 unspecified atom stereocenters. The van der Waals surface area contributed by atoms with E-state index in [-0.39, 0.29) is 44.3 Å². The minimum atomic E-state index is -1.37.